The molecule has 22 heavy (non-hydrogen) atoms. The zero-order valence-corrected chi connectivity index (χ0v) is 12.5. The lowest BCUT2D eigenvalue weighted by Gasteiger charge is -1.98. The fourth-order valence-electron chi connectivity index (χ4n) is 1.92. The van der Waals surface area contributed by atoms with Gasteiger partial charge in [0.2, 0.25) is 0 Å². The molecule has 0 atom stereocenters. The number of benzene rings is 2. The lowest BCUT2D eigenvalue weighted by atomic mass is 10.1. The van der Waals surface area contributed by atoms with Gasteiger partial charge in [-0.1, -0.05) is 56.3 Å². The molecule has 0 aliphatic heterocycles. The van der Waals surface area contributed by atoms with Gasteiger partial charge in [-0.3, -0.25) is 9.78 Å². The Kier molecular flexibility index (Phi) is 5.03. The largest absolute Gasteiger partial charge is 0.348 e. The standard InChI is InChI=1S/C15H11N3O2.C2H6/c19-10-11-6-8-12(9-7-11)14-16-15(20)18(17-14)13-4-2-1-3-5-13;1-2/h1-10H,(H,16,17,20);1-2H3. The summed E-state index contributed by atoms with van der Waals surface area (Å²) in [6, 6.07) is 16.0. The molecule has 0 aliphatic carbocycles. The fraction of sp³-hybridized carbons (Fsp3) is 0.118. The first-order valence-corrected chi connectivity index (χ1v) is 7.08. The molecule has 0 saturated heterocycles. The number of aromatic nitrogens is 3. The van der Waals surface area contributed by atoms with Crippen molar-refractivity contribution in [2.75, 3.05) is 0 Å². The van der Waals surface area contributed by atoms with Crippen molar-refractivity contribution in [3.8, 4) is 17.1 Å². The summed E-state index contributed by atoms with van der Waals surface area (Å²) in [6.45, 7) is 4.00. The summed E-state index contributed by atoms with van der Waals surface area (Å²) in [4.78, 5) is 25.3. The van der Waals surface area contributed by atoms with Crippen LogP contribution in [0.5, 0.6) is 0 Å². The fourth-order valence-corrected chi connectivity index (χ4v) is 1.92. The molecule has 0 fully saturated rings. The highest BCUT2D eigenvalue weighted by atomic mass is 16.2. The van der Waals surface area contributed by atoms with Crippen LogP contribution in [-0.2, 0) is 0 Å². The highest BCUT2D eigenvalue weighted by Gasteiger charge is 2.08. The van der Waals surface area contributed by atoms with Gasteiger partial charge in [0.25, 0.3) is 0 Å². The second-order valence-corrected chi connectivity index (χ2v) is 4.27. The van der Waals surface area contributed by atoms with Gasteiger partial charge in [0.1, 0.15) is 6.29 Å². The number of aromatic amines is 1. The van der Waals surface area contributed by atoms with Crippen LogP contribution in [0.15, 0.2) is 59.4 Å². The van der Waals surface area contributed by atoms with E-state index in [2.05, 4.69) is 10.1 Å². The maximum atomic E-state index is 11.9. The minimum absolute atomic E-state index is 0.300. The Morgan fingerprint density at radius 3 is 2.23 bits per heavy atom. The molecule has 3 aromatic rings. The molecule has 0 radical (unpaired) electrons. The first kappa shape index (κ1) is 15.4. The smallest absolute Gasteiger partial charge is 0.298 e. The van der Waals surface area contributed by atoms with Crippen molar-refractivity contribution in [1.29, 1.82) is 0 Å². The zero-order valence-electron chi connectivity index (χ0n) is 12.5. The van der Waals surface area contributed by atoms with Crippen molar-refractivity contribution in [1.82, 2.24) is 14.8 Å². The third-order valence-corrected chi connectivity index (χ3v) is 2.94. The Labute approximate surface area is 128 Å². The number of carbonyl (C=O) groups is 1. The molecular weight excluding hydrogens is 278 g/mol. The van der Waals surface area contributed by atoms with E-state index in [-0.39, 0.29) is 5.69 Å². The highest BCUT2D eigenvalue weighted by Crippen LogP contribution is 2.14. The maximum absolute atomic E-state index is 11.9. The van der Waals surface area contributed by atoms with E-state index in [1.807, 2.05) is 44.2 Å². The summed E-state index contributed by atoms with van der Waals surface area (Å²) in [5, 5.41) is 4.27. The molecule has 0 bridgehead atoms. The predicted octanol–water partition coefficient (Wildman–Crippen LogP) is 3.07. The third kappa shape index (κ3) is 3.20. The van der Waals surface area contributed by atoms with Gasteiger partial charge in [0.15, 0.2) is 5.82 Å². The normalized spacial score (nSPS) is 9.73. The van der Waals surface area contributed by atoms with Gasteiger partial charge in [0, 0.05) is 11.1 Å². The monoisotopic (exact) mass is 295 g/mol. The van der Waals surface area contributed by atoms with Gasteiger partial charge < -0.3 is 0 Å². The van der Waals surface area contributed by atoms with Gasteiger partial charge in [-0.15, -0.1) is 5.10 Å². The van der Waals surface area contributed by atoms with E-state index in [1.165, 1.54) is 4.68 Å². The van der Waals surface area contributed by atoms with Crippen LogP contribution in [0.2, 0.25) is 0 Å². The lowest BCUT2D eigenvalue weighted by Crippen LogP contribution is -2.15. The minimum Gasteiger partial charge on any atom is -0.298 e. The molecule has 2 aromatic carbocycles. The second kappa shape index (κ2) is 7.17. The number of hydrogen-bond donors (Lipinski definition) is 1. The first-order chi connectivity index (χ1) is 10.8. The van der Waals surface area contributed by atoms with Crippen molar-refractivity contribution in [3.05, 3.63) is 70.6 Å². The van der Waals surface area contributed by atoms with Gasteiger partial charge >= 0.3 is 5.69 Å². The van der Waals surface area contributed by atoms with Crippen LogP contribution >= 0.6 is 0 Å². The van der Waals surface area contributed by atoms with Crippen LogP contribution < -0.4 is 5.69 Å². The van der Waals surface area contributed by atoms with Crippen LogP contribution in [-0.4, -0.2) is 21.1 Å². The summed E-state index contributed by atoms with van der Waals surface area (Å²) >= 11 is 0. The highest BCUT2D eigenvalue weighted by molar-refractivity contribution is 5.76. The molecule has 3 rings (SSSR count). The van der Waals surface area contributed by atoms with Crippen molar-refractivity contribution < 1.29 is 4.79 Å². The number of rotatable bonds is 3. The summed E-state index contributed by atoms with van der Waals surface area (Å²) in [5.74, 6) is 0.469. The van der Waals surface area contributed by atoms with Crippen LogP contribution in [0.3, 0.4) is 0 Å². The average molecular weight is 295 g/mol. The summed E-state index contributed by atoms with van der Waals surface area (Å²) in [6.07, 6.45) is 0.773. The molecule has 1 heterocycles. The minimum atomic E-state index is -0.300. The number of H-pyrrole nitrogens is 1. The number of carbonyl (C=O) groups excluding carboxylic acids is 1. The Hall–Kier alpha value is -2.95. The van der Waals surface area contributed by atoms with Crippen molar-refractivity contribution in [2.24, 2.45) is 0 Å². The van der Waals surface area contributed by atoms with E-state index in [1.54, 1.807) is 24.3 Å². The Morgan fingerprint density at radius 2 is 1.64 bits per heavy atom. The Bertz CT molecular complexity index is 787. The molecule has 0 unspecified atom stereocenters. The topological polar surface area (TPSA) is 67.8 Å². The zero-order chi connectivity index (χ0) is 15.9. The Morgan fingerprint density at radius 1 is 1.00 bits per heavy atom. The van der Waals surface area contributed by atoms with Gasteiger partial charge in [0.05, 0.1) is 5.69 Å². The first-order valence-electron chi connectivity index (χ1n) is 7.08. The van der Waals surface area contributed by atoms with E-state index >= 15 is 0 Å². The van der Waals surface area contributed by atoms with Crippen molar-refractivity contribution >= 4 is 6.29 Å². The number of para-hydroxylation sites is 1. The average Bonchev–Trinajstić information content (AvgIpc) is 2.99. The van der Waals surface area contributed by atoms with Gasteiger partial charge in [-0.25, -0.2) is 4.79 Å². The molecule has 0 spiro atoms. The molecule has 1 aromatic heterocycles. The summed E-state index contributed by atoms with van der Waals surface area (Å²) in [5.41, 5.74) is 1.73. The molecule has 112 valence electrons. The number of nitrogens with one attached hydrogen (secondary N) is 1. The molecular formula is C17H17N3O2. The molecule has 0 amide bonds. The molecule has 5 heteroatoms. The SMILES string of the molecule is CC.O=Cc1ccc(-c2nn(-c3ccccc3)c(=O)[nH]2)cc1. The van der Waals surface area contributed by atoms with Crippen LogP contribution in [0.25, 0.3) is 17.1 Å². The van der Waals surface area contributed by atoms with E-state index in [9.17, 15) is 9.59 Å². The third-order valence-electron chi connectivity index (χ3n) is 2.94. The van der Waals surface area contributed by atoms with Crippen LogP contribution in [0, 0.1) is 0 Å². The molecule has 1 N–H and O–H groups in total. The van der Waals surface area contributed by atoms with E-state index < -0.39 is 0 Å². The van der Waals surface area contributed by atoms with E-state index in [0.29, 0.717) is 17.1 Å². The van der Waals surface area contributed by atoms with Crippen LogP contribution in [0.4, 0.5) is 0 Å². The maximum Gasteiger partial charge on any atom is 0.348 e. The molecule has 5 nitrogen and oxygen atoms in total. The summed E-state index contributed by atoms with van der Waals surface area (Å²) in [7, 11) is 0. The Balaban J connectivity index is 0.000000847. The number of nitrogens with zero attached hydrogens (tertiary/aromatic N) is 2. The predicted molar refractivity (Wildman–Crippen MR) is 86.4 cm³/mol. The number of aldehydes is 1. The lowest BCUT2D eigenvalue weighted by molar-refractivity contribution is 0.112. The van der Waals surface area contributed by atoms with Gasteiger partial charge in [-0.2, -0.15) is 4.68 Å². The van der Waals surface area contributed by atoms with E-state index in [4.69, 9.17) is 0 Å². The molecule has 0 saturated carbocycles. The second-order valence-electron chi connectivity index (χ2n) is 4.27. The summed E-state index contributed by atoms with van der Waals surface area (Å²) < 4.78 is 1.31. The molecule has 0 aliphatic rings. The van der Waals surface area contributed by atoms with Crippen molar-refractivity contribution in [3.63, 3.8) is 0 Å². The quantitative estimate of drug-likeness (QED) is 0.755. The number of hydrogen-bond acceptors (Lipinski definition) is 3. The van der Waals surface area contributed by atoms with Gasteiger partial charge in [-0.05, 0) is 12.1 Å². The van der Waals surface area contributed by atoms with Crippen LogP contribution in [0.1, 0.15) is 24.2 Å². The van der Waals surface area contributed by atoms with Crippen molar-refractivity contribution in [2.45, 2.75) is 13.8 Å². The van der Waals surface area contributed by atoms with E-state index in [0.717, 1.165) is 11.8 Å².